The van der Waals surface area contributed by atoms with E-state index in [-0.39, 0.29) is 28.9 Å². The number of carbonyl (C=O) groups excluding carboxylic acids is 2. The molecule has 1 aromatic heterocycles. The van der Waals surface area contributed by atoms with Crippen LogP contribution in [0.2, 0.25) is 0 Å². The topological polar surface area (TPSA) is 108 Å². The Hall–Kier alpha value is -3.98. The summed E-state index contributed by atoms with van der Waals surface area (Å²) in [6, 6.07) is 17.2. The third kappa shape index (κ3) is 7.30. The van der Waals surface area contributed by atoms with Crippen LogP contribution in [0.15, 0.2) is 54.7 Å². The third-order valence-electron chi connectivity index (χ3n) is 11.2. The molecule has 2 aromatic carbocycles. The second-order valence-corrected chi connectivity index (χ2v) is 14.4. The summed E-state index contributed by atoms with van der Waals surface area (Å²) in [5.41, 5.74) is 10.0. The van der Waals surface area contributed by atoms with Crippen LogP contribution in [0.4, 0.5) is 23.0 Å². The van der Waals surface area contributed by atoms with Gasteiger partial charge in [0.25, 0.3) is 5.91 Å². The predicted molar refractivity (Wildman–Crippen MR) is 190 cm³/mol. The van der Waals surface area contributed by atoms with E-state index < -0.39 is 5.91 Å². The molecule has 3 fully saturated rings. The van der Waals surface area contributed by atoms with Gasteiger partial charge in [0.2, 0.25) is 0 Å². The zero-order valence-electron chi connectivity index (χ0n) is 28.5. The number of anilines is 4. The minimum Gasteiger partial charge on any atom is -0.378 e. The van der Waals surface area contributed by atoms with Crippen molar-refractivity contribution in [2.24, 2.45) is 11.7 Å². The molecular formula is C38H51N7O2. The standard InChI is InChI=1S/C38H51N7O2/c1-26-28(24-33(46)27-11-17-31(18-12-27)43(3)4)8-7-21-45(26)34-25-40-35(36(39)47)37(42-34)41-30-15-13-29(14-16-30)38(2)19-22-44(23-20-38)32-9-5-6-10-32/h11-18,25-26,28,32H,5-10,19-24H2,1-4H3,(H2,39,47)(H,41,42)/t26-,28+/m1/s1. The number of nitrogens with zero attached hydrogens (tertiary/aromatic N) is 5. The molecule has 3 aromatic rings. The van der Waals surface area contributed by atoms with E-state index in [2.05, 4.69) is 58.2 Å². The summed E-state index contributed by atoms with van der Waals surface area (Å²) < 4.78 is 0. The quantitative estimate of drug-likeness (QED) is 0.241. The molecule has 3 aliphatic rings. The first-order chi connectivity index (χ1) is 22.6. The number of benzene rings is 2. The van der Waals surface area contributed by atoms with Crippen molar-refractivity contribution in [1.82, 2.24) is 14.9 Å². The van der Waals surface area contributed by atoms with Gasteiger partial charge in [0.05, 0.1) is 6.20 Å². The fourth-order valence-corrected chi connectivity index (χ4v) is 7.94. The van der Waals surface area contributed by atoms with Crippen LogP contribution in [0, 0.1) is 5.92 Å². The van der Waals surface area contributed by atoms with Crippen molar-refractivity contribution in [1.29, 1.82) is 0 Å². The second-order valence-electron chi connectivity index (χ2n) is 14.4. The number of ketones is 1. The average molecular weight is 638 g/mol. The first-order valence-corrected chi connectivity index (χ1v) is 17.5. The molecule has 1 aliphatic carbocycles. The van der Waals surface area contributed by atoms with Gasteiger partial charge in [0.15, 0.2) is 17.3 Å². The predicted octanol–water partition coefficient (Wildman–Crippen LogP) is 6.56. The van der Waals surface area contributed by atoms with Gasteiger partial charge in [0, 0.05) is 56.1 Å². The van der Waals surface area contributed by atoms with E-state index in [4.69, 9.17) is 10.7 Å². The second kappa shape index (κ2) is 14.0. The summed E-state index contributed by atoms with van der Waals surface area (Å²) in [7, 11) is 3.98. The highest BCUT2D eigenvalue weighted by molar-refractivity contribution is 5.97. The molecule has 0 bridgehead atoms. The van der Waals surface area contributed by atoms with Gasteiger partial charge in [-0.2, -0.15) is 0 Å². The van der Waals surface area contributed by atoms with Crippen molar-refractivity contribution in [2.75, 3.05) is 48.8 Å². The lowest BCUT2D eigenvalue weighted by Crippen LogP contribution is -2.45. The molecule has 47 heavy (non-hydrogen) atoms. The molecule has 3 N–H and O–H groups in total. The maximum atomic E-state index is 13.2. The van der Waals surface area contributed by atoms with E-state index in [1.54, 1.807) is 6.20 Å². The van der Waals surface area contributed by atoms with E-state index in [1.165, 1.54) is 57.2 Å². The average Bonchev–Trinajstić information content (AvgIpc) is 3.61. The number of hydrogen-bond donors (Lipinski definition) is 2. The molecule has 2 atom stereocenters. The third-order valence-corrected chi connectivity index (χ3v) is 11.2. The van der Waals surface area contributed by atoms with Crippen LogP contribution in [0.1, 0.15) is 98.0 Å². The Morgan fingerprint density at radius 3 is 2.28 bits per heavy atom. The molecule has 9 heteroatoms. The fraction of sp³-hybridized carbons (Fsp3) is 0.526. The Kier molecular flexibility index (Phi) is 9.82. The highest BCUT2D eigenvalue weighted by Crippen LogP contribution is 2.38. The van der Waals surface area contributed by atoms with E-state index in [9.17, 15) is 9.59 Å². The van der Waals surface area contributed by atoms with Crippen LogP contribution in [-0.2, 0) is 5.41 Å². The lowest BCUT2D eigenvalue weighted by molar-refractivity contribution is 0.0944. The van der Waals surface area contributed by atoms with Gasteiger partial charge in [0.1, 0.15) is 5.82 Å². The Morgan fingerprint density at radius 2 is 1.64 bits per heavy atom. The molecule has 0 radical (unpaired) electrons. The number of rotatable bonds is 10. The number of piperidine rings is 2. The summed E-state index contributed by atoms with van der Waals surface area (Å²) in [5, 5.41) is 3.35. The number of nitrogens with one attached hydrogen (secondary N) is 1. The van der Waals surface area contributed by atoms with Crippen LogP contribution >= 0.6 is 0 Å². The van der Waals surface area contributed by atoms with E-state index >= 15 is 0 Å². The summed E-state index contributed by atoms with van der Waals surface area (Å²) in [5.74, 6) is 0.738. The van der Waals surface area contributed by atoms with Crippen molar-refractivity contribution >= 4 is 34.7 Å². The molecule has 3 heterocycles. The minimum atomic E-state index is -0.625. The monoisotopic (exact) mass is 637 g/mol. The van der Waals surface area contributed by atoms with Crippen LogP contribution < -0.4 is 20.9 Å². The van der Waals surface area contributed by atoms with Gasteiger partial charge in [-0.25, -0.2) is 9.97 Å². The summed E-state index contributed by atoms with van der Waals surface area (Å²) in [6.07, 6.45) is 11.8. The summed E-state index contributed by atoms with van der Waals surface area (Å²) in [4.78, 5) is 41.9. The summed E-state index contributed by atoms with van der Waals surface area (Å²) >= 11 is 0. The van der Waals surface area contributed by atoms with Crippen LogP contribution in [-0.4, -0.2) is 72.4 Å². The fourth-order valence-electron chi connectivity index (χ4n) is 7.94. The number of primary amides is 1. The maximum Gasteiger partial charge on any atom is 0.271 e. The molecule has 2 saturated heterocycles. The van der Waals surface area contributed by atoms with E-state index in [0.29, 0.717) is 18.1 Å². The van der Waals surface area contributed by atoms with Gasteiger partial charge >= 0.3 is 0 Å². The number of carbonyl (C=O) groups is 2. The zero-order valence-corrected chi connectivity index (χ0v) is 28.5. The zero-order chi connectivity index (χ0) is 33.1. The molecule has 250 valence electrons. The molecular weight excluding hydrogens is 586 g/mol. The Bertz CT molecular complexity index is 1540. The number of amides is 1. The number of Topliss-reactive ketones (excluding diaryl/α,β-unsaturated/α-hetero) is 1. The first-order valence-electron chi connectivity index (χ1n) is 17.5. The normalized spacial score (nSPS) is 21.8. The van der Waals surface area contributed by atoms with Gasteiger partial charge in [-0.3, -0.25) is 9.59 Å². The van der Waals surface area contributed by atoms with Crippen LogP contribution in [0.25, 0.3) is 0 Å². The smallest absolute Gasteiger partial charge is 0.271 e. The van der Waals surface area contributed by atoms with E-state index in [1.807, 2.05) is 43.3 Å². The molecule has 2 aliphatic heterocycles. The molecule has 0 unspecified atom stereocenters. The first kappa shape index (κ1) is 32.9. The largest absolute Gasteiger partial charge is 0.378 e. The van der Waals surface area contributed by atoms with Gasteiger partial charge in [-0.05, 0) is 112 Å². The maximum absolute atomic E-state index is 13.2. The summed E-state index contributed by atoms with van der Waals surface area (Å²) in [6.45, 7) is 7.68. The molecule has 9 nitrogen and oxygen atoms in total. The van der Waals surface area contributed by atoms with Crippen molar-refractivity contribution < 1.29 is 9.59 Å². The number of nitrogens with two attached hydrogens (primary N) is 1. The lowest BCUT2D eigenvalue weighted by atomic mass is 9.74. The lowest BCUT2D eigenvalue weighted by Gasteiger charge is -2.42. The van der Waals surface area contributed by atoms with Crippen LogP contribution in [0.3, 0.4) is 0 Å². The van der Waals surface area contributed by atoms with Gasteiger partial charge in [-0.1, -0.05) is 31.9 Å². The van der Waals surface area contributed by atoms with Gasteiger partial charge in [-0.15, -0.1) is 0 Å². The minimum absolute atomic E-state index is 0.0791. The van der Waals surface area contributed by atoms with Gasteiger partial charge < -0.3 is 25.8 Å². The Balaban J connectivity index is 1.13. The Morgan fingerprint density at radius 1 is 0.957 bits per heavy atom. The molecule has 0 spiro atoms. The molecule has 1 amide bonds. The number of aromatic nitrogens is 2. The van der Waals surface area contributed by atoms with Crippen molar-refractivity contribution in [3.63, 3.8) is 0 Å². The number of likely N-dealkylation sites (tertiary alicyclic amines) is 1. The van der Waals surface area contributed by atoms with Crippen molar-refractivity contribution in [3.8, 4) is 0 Å². The highest BCUT2D eigenvalue weighted by atomic mass is 16.1. The van der Waals surface area contributed by atoms with Crippen molar-refractivity contribution in [2.45, 2.75) is 89.1 Å². The highest BCUT2D eigenvalue weighted by Gasteiger charge is 2.35. The molecule has 1 saturated carbocycles. The molecule has 6 rings (SSSR count). The van der Waals surface area contributed by atoms with E-state index in [0.717, 1.165) is 42.4 Å². The number of hydrogen-bond acceptors (Lipinski definition) is 8. The SMILES string of the molecule is C[C@@H]1[C@H](CC(=O)c2ccc(N(C)C)cc2)CCCN1c1cnc(C(N)=O)c(Nc2ccc(C3(C)CCN(C4CCCC4)CC3)cc2)n1. The van der Waals surface area contributed by atoms with Crippen LogP contribution in [0.5, 0.6) is 0 Å². The van der Waals surface area contributed by atoms with Crippen molar-refractivity contribution in [3.05, 3.63) is 71.5 Å². The Labute approximate surface area is 279 Å².